The van der Waals surface area contributed by atoms with Gasteiger partial charge in [0.15, 0.2) is 0 Å². The van der Waals surface area contributed by atoms with E-state index in [0.29, 0.717) is 0 Å². The van der Waals surface area contributed by atoms with Crippen molar-refractivity contribution in [1.82, 2.24) is 0 Å². The molecule has 1 atom stereocenters. The van der Waals surface area contributed by atoms with Crippen LogP contribution in [0.25, 0.3) is 0 Å². The molecule has 1 unspecified atom stereocenters. The number of hydrogen-bond acceptors (Lipinski definition) is 1. The monoisotopic (exact) mass is 326 g/mol. The number of hydrogen-bond donors (Lipinski definition) is 0. The van der Waals surface area contributed by atoms with Gasteiger partial charge < -0.3 is 4.74 Å². The van der Waals surface area contributed by atoms with E-state index in [1.54, 1.807) is 7.11 Å². The Morgan fingerprint density at radius 2 is 1.95 bits per heavy atom. The number of alkyl halides is 1. The molecule has 0 amide bonds. The molecule has 0 aliphatic carbocycles. The molecule has 1 aromatic carbocycles. The number of ether oxygens (including phenoxy) is 1. The van der Waals surface area contributed by atoms with Gasteiger partial charge in [0.2, 0.25) is 0 Å². The minimum absolute atomic E-state index is 0.744. The molecule has 0 radical (unpaired) electrons. The third kappa shape index (κ3) is 7.00. The molecule has 0 aliphatic rings. The minimum atomic E-state index is 0.744. The van der Waals surface area contributed by atoms with Crippen LogP contribution in [-0.2, 0) is 6.42 Å². The molecule has 0 N–H and O–H groups in total. The van der Waals surface area contributed by atoms with Gasteiger partial charge in [0.25, 0.3) is 0 Å². The Kier molecular flexibility index (Phi) is 8.98. The molecule has 1 rings (SSSR count). The second-order valence-corrected chi connectivity index (χ2v) is 5.93. The first kappa shape index (κ1) is 16.6. The van der Waals surface area contributed by atoms with Gasteiger partial charge in [-0.3, -0.25) is 0 Å². The van der Waals surface area contributed by atoms with Gasteiger partial charge in [0.1, 0.15) is 5.75 Å². The summed E-state index contributed by atoms with van der Waals surface area (Å²) in [6, 6.07) is 8.46. The van der Waals surface area contributed by atoms with Crippen LogP contribution in [0.1, 0.15) is 51.0 Å². The minimum Gasteiger partial charge on any atom is -0.497 e. The highest BCUT2D eigenvalue weighted by molar-refractivity contribution is 9.09. The lowest BCUT2D eigenvalue weighted by molar-refractivity contribution is 0.413. The summed E-state index contributed by atoms with van der Waals surface area (Å²) in [7, 11) is 1.73. The average molecular weight is 327 g/mol. The molecular formula is C17H27BrO. The summed E-state index contributed by atoms with van der Waals surface area (Å²) < 4.78 is 5.28. The Hall–Kier alpha value is -0.500. The Morgan fingerprint density at radius 3 is 2.63 bits per heavy atom. The van der Waals surface area contributed by atoms with E-state index in [9.17, 15) is 0 Å². The van der Waals surface area contributed by atoms with Crippen LogP contribution < -0.4 is 4.74 Å². The van der Waals surface area contributed by atoms with Gasteiger partial charge in [0, 0.05) is 5.33 Å². The third-order valence-electron chi connectivity index (χ3n) is 3.59. The van der Waals surface area contributed by atoms with Crippen molar-refractivity contribution < 1.29 is 4.74 Å². The predicted octanol–water partition coefficient (Wildman–Crippen LogP) is 5.61. The maximum absolute atomic E-state index is 5.28. The van der Waals surface area contributed by atoms with E-state index in [-0.39, 0.29) is 0 Å². The fourth-order valence-electron chi connectivity index (χ4n) is 2.40. The normalized spacial score (nSPS) is 12.4. The summed E-state index contributed by atoms with van der Waals surface area (Å²) in [5.74, 6) is 1.71. The Morgan fingerprint density at radius 1 is 1.16 bits per heavy atom. The van der Waals surface area contributed by atoms with Gasteiger partial charge in [-0.2, -0.15) is 0 Å². The van der Waals surface area contributed by atoms with Crippen LogP contribution in [0.2, 0.25) is 0 Å². The third-order valence-corrected chi connectivity index (χ3v) is 4.51. The number of unbranched alkanes of at least 4 members (excludes halogenated alkanes) is 4. The quantitative estimate of drug-likeness (QED) is 0.401. The van der Waals surface area contributed by atoms with E-state index in [1.807, 2.05) is 6.07 Å². The van der Waals surface area contributed by atoms with Crippen LogP contribution in [0.4, 0.5) is 0 Å². The maximum Gasteiger partial charge on any atom is 0.119 e. The summed E-state index contributed by atoms with van der Waals surface area (Å²) >= 11 is 3.66. The van der Waals surface area contributed by atoms with Crippen molar-refractivity contribution in [3.63, 3.8) is 0 Å². The smallest absolute Gasteiger partial charge is 0.119 e. The summed E-state index contributed by atoms with van der Waals surface area (Å²) in [5, 5.41) is 1.10. The number of rotatable bonds is 10. The van der Waals surface area contributed by atoms with Crippen molar-refractivity contribution in [2.24, 2.45) is 5.92 Å². The van der Waals surface area contributed by atoms with E-state index in [4.69, 9.17) is 4.74 Å². The number of methoxy groups -OCH3 is 1. The lowest BCUT2D eigenvalue weighted by Gasteiger charge is -2.14. The number of halogens is 1. The first-order valence-electron chi connectivity index (χ1n) is 7.49. The van der Waals surface area contributed by atoms with Gasteiger partial charge in [0.05, 0.1) is 7.11 Å². The SMILES string of the molecule is CCCCCCCC(CBr)Cc1cccc(OC)c1. The molecule has 2 heteroatoms. The van der Waals surface area contributed by atoms with E-state index in [2.05, 4.69) is 41.1 Å². The molecule has 0 saturated carbocycles. The number of benzene rings is 1. The van der Waals surface area contributed by atoms with Gasteiger partial charge in [-0.25, -0.2) is 0 Å². The van der Waals surface area contributed by atoms with Crippen LogP contribution in [0.15, 0.2) is 24.3 Å². The lowest BCUT2D eigenvalue weighted by Crippen LogP contribution is -2.06. The molecular weight excluding hydrogens is 300 g/mol. The molecule has 0 saturated heterocycles. The van der Waals surface area contributed by atoms with E-state index >= 15 is 0 Å². The first-order chi connectivity index (χ1) is 9.30. The van der Waals surface area contributed by atoms with E-state index < -0.39 is 0 Å². The van der Waals surface area contributed by atoms with E-state index in [0.717, 1.165) is 23.4 Å². The second-order valence-electron chi connectivity index (χ2n) is 5.28. The lowest BCUT2D eigenvalue weighted by atomic mass is 9.95. The zero-order chi connectivity index (χ0) is 13.9. The van der Waals surface area contributed by atoms with Crippen LogP contribution >= 0.6 is 15.9 Å². The highest BCUT2D eigenvalue weighted by Crippen LogP contribution is 2.21. The van der Waals surface area contributed by atoms with Crippen molar-refractivity contribution in [1.29, 1.82) is 0 Å². The summed E-state index contributed by atoms with van der Waals surface area (Å²) in [6.07, 6.45) is 9.32. The second kappa shape index (κ2) is 10.3. The van der Waals surface area contributed by atoms with E-state index in [1.165, 1.54) is 44.1 Å². The summed E-state index contributed by atoms with van der Waals surface area (Å²) in [6.45, 7) is 2.27. The van der Waals surface area contributed by atoms with Crippen molar-refractivity contribution in [2.75, 3.05) is 12.4 Å². The topological polar surface area (TPSA) is 9.23 Å². The zero-order valence-electron chi connectivity index (χ0n) is 12.3. The predicted molar refractivity (Wildman–Crippen MR) is 87.4 cm³/mol. The van der Waals surface area contributed by atoms with Crippen molar-refractivity contribution in [3.05, 3.63) is 29.8 Å². The van der Waals surface area contributed by atoms with Crippen LogP contribution in [0, 0.1) is 5.92 Å². The van der Waals surface area contributed by atoms with Gasteiger partial charge in [-0.1, -0.05) is 67.1 Å². The summed E-state index contributed by atoms with van der Waals surface area (Å²) in [5.41, 5.74) is 1.39. The van der Waals surface area contributed by atoms with Gasteiger partial charge >= 0.3 is 0 Å². The highest BCUT2D eigenvalue weighted by atomic mass is 79.9. The Bertz CT molecular complexity index is 338. The molecule has 1 nitrogen and oxygen atoms in total. The first-order valence-corrected chi connectivity index (χ1v) is 8.61. The molecule has 19 heavy (non-hydrogen) atoms. The maximum atomic E-state index is 5.28. The Labute approximate surface area is 126 Å². The zero-order valence-corrected chi connectivity index (χ0v) is 13.9. The van der Waals surface area contributed by atoms with Crippen LogP contribution in [-0.4, -0.2) is 12.4 Å². The molecule has 1 aromatic rings. The van der Waals surface area contributed by atoms with Crippen molar-refractivity contribution in [2.45, 2.75) is 51.9 Å². The molecule has 0 aliphatic heterocycles. The summed E-state index contributed by atoms with van der Waals surface area (Å²) in [4.78, 5) is 0. The molecule has 0 fully saturated rings. The standard InChI is InChI=1S/C17H27BrO/c1-3-4-5-6-7-9-16(14-18)12-15-10-8-11-17(13-15)19-2/h8,10-11,13,16H,3-7,9,12,14H2,1-2H3. The largest absolute Gasteiger partial charge is 0.497 e. The molecule has 0 aromatic heterocycles. The van der Waals surface area contributed by atoms with Gasteiger partial charge in [-0.15, -0.1) is 0 Å². The van der Waals surface area contributed by atoms with Crippen LogP contribution in [0.5, 0.6) is 5.75 Å². The molecule has 0 heterocycles. The van der Waals surface area contributed by atoms with Crippen LogP contribution in [0.3, 0.4) is 0 Å². The van der Waals surface area contributed by atoms with Gasteiger partial charge in [-0.05, 0) is 36.5 Å². The van der Waals surface area contributed by atoms with Crippen molar-refractivity contribution >= 4 is 15.9 Å². The molecule has 0 spiro atoms. The molecule has 0 bridgehead atoms. The Balaban J connectivity index is 2.34. The highest BCUT2D eigenvalue weighted by Gasteiger charge is 2.08. The fourth-order valence-corrected chi connectivity index (χ4v) is 2.96. The molecule has 108 valence electrons. The average Bonchev–Trinajstić information content (AvgIpc) is 2.46. The van der Waals surface area contributed by atoms with Crippen molar-refractivity contribution in [3.8, 4) is 5.75 Å². The fraction of sp³-hybridized carbons (Fsp3) is 0.647.